The molecule has 6 saturated carbocycles. The van der Waals surface area contributed by atoms with Crippen molar-refractivity contribution in [2.75, 3.05) is 39.5 Å². The van der Waals surface area contributed by atoms with Gasteiger partial charge in [0.2, 0.25) is 5.91 Å². The van der Waals surface area contributed by atoms with Crippen molar-refractivity contribution in [3.8, 4) is 5.75 Å². The molecule has 34 heavy (non-hydrogen) atoms. The van der Waals surface area contributed by atoms with Gasteiger partial charge in [-0.05, 0) is 79.6 Å². The van der Waals surface area contributed by atoms with E-state index in [-0.39, 0.29) is 15.6 Å². The van der Waals surface area contributed by atoms with Gasteiger partial charge in [0.15, 0.2) is 5.79 Å². The largest absolute Gasteiger partial charge is 0.494 e. The van der Waals surface area contributed by atoms with Crippen molar-refractivity contribution in [2.24, 2.45) is 40.9 Å². The summed E-state index contributed by atoms with van der Waals surface area (Å²) in [5.41, 5.74) is 1.18. The SMILES string of the molecule is O=C(NCCCOc1cccc(CN2CCCCC2)c1)C12C3C4C5C3C1C(Br)(C42)C51OCCO1. The minimum absolute atomic E-state index is 0.120. The van der Waals surface area contributed by atoms with Gasteiger partial charge in [-0.3, -0.25) is 9.69 Å². The van der Waals surface area contributed by atoms with Crippen LogP contribution in [0.2, 0.25) is 0 Å². The fourth-order valence-corrected chi connectivity index (χ4v) is 11.7. The van der Waals surface area contributed by atoms with Crippen LogP contribution in [0.15, 0.2) is 24.3 Å². The number of likely N-dealkylation sites (tertiary alicyclic amines) is 1. The predicted molar refractivity (Wildman–Crippen MR) is 128 cm³/mol. The van der Waals surface area contributed by atoms with Gasteiger partial charge in [-0.2, -0.15) is 0 Å². The molecule has 2 aliphatic heterocycles. The zero-order valence-corrected chi connectivity index (χ0v) is 21.1. The quantitative estimate of drug-likeness (QED) is 0.414. The normalized spacial score (nSPS) is 45.7. The minimum Gasteiger partial charge on any atom is -0.494 e. The van der Waals surface area contributed by atoms with Crippen LogP contribution in [-0.2, 0) is 20.8 Å². The third-order valence-corrected chi connectivity index (χ3v) is 12.2. The lowest BCUT2D eigenvalue weighted by molar-refractivity contribution is -0.414. The number of nitrogens with zero attached hydrogens (tertiary/aromatic N) is 1. The van der Waals surface area contributed by atoms with Crippen LogP contribution >= 0.6 is 15.9 Å². The van der Waals surface area contributed by atoms with Crippen molar-refractivity contribution in [1.29, 1.82) is 0 Å². The molecule has 4 atom stereocenters. The van der Waals surface area contributed by atoms with E-state index in [9.17, 15) is 4.79 Å². The standard InChI is InChI=1S/C27H33BrN2O4/c28-26-22-18-20-19(21(18)27(26)33-12-13-34-27)23(26)25(20,22)24(31)29-8-5-11-32-17-7-4-6-16(14-17)15-30-9-2-1-3-10-30/h4,6-7,14,18-23H,1-3,5,8-13,15H2,(H,29,31). The molecule has 2 saturated heterocycles. The van der Waals surface area contributed by atoms with E-state index >= 15 is 0 Å². The van der Waals surface area contributed by atoms with Gasteiger partial charge in [-0.25, -0.2) is 0 Å². The van der Waals surface area contributed by atoms with Gasteiger partial charge in [-0.1, -0.05) is 34.5 Å². The van der Waals surface area contributed by atoms with Gasteiger partial charge in [-0.15, -0.1) is 0 Å². The molecule has 9 rings (SSSR count). The number of ether oxygens (including phenoxy) is 3. The predicted octanol–water partition coefficient (Wildman–Crippen LogP) is 3.19. The first kappa shape index (κ1) is 21.0. The van der Waals surface area contributed by atoms with Crippen LogP contribution in [-0.4, -0.2) is 60.4 Å². The molecule has 2 heterocycles. The second-order valence-electron chi connectivity index (χ2n) is 11.7. The zero-order valence-electron chi connectivity index (χ0n) is 19.5. The van der Waals surface area contributed by atoms with Gasteiger partial charge in [0.05, 0.1) is 29.6 Å². The Balaban J connectivity index is 0.837. The van der Waals surface area contributed by atoms with E-state index in [0.717, 1.165) is 18.7 Å². The molecule has 1 amide bonds. The van der Waals surface area contributed by atoms with Crippen LogP contribution < -0.4 is 10.1 Å². The Morgan fingerprint density at radius 1 is 1.12 bits per heavy atom. The topological polar surface area (TPSA) is 60.0 Å². The second kappa shape index (κ2) is 6.99. The number of alkyl halides is 1. The Hall–Kier alpha value is -1.15. The second-order valence-corrected chi connectivity index (χ2v) is 13.0. The molecule has 8 aliphatic rings. The molecule has 7 heteroatoms. The number of hydrogen-bond donors (Lipinski definition) is 1. The minimum atomic E-state index is -0.440. The maximum absolute atomic E-state index is 13.3. The summed E-state index contributed by atoms with van der Waals surface area (Å²) in [6.45, 7) is 6.09. The van der Waals surface area contributed by atoms with Crippen molar-refractivity contribution >= 4 is 21.8 Å². The van der Waals surface area contributed by atoms with Crippen LogP contribution in [0, 0.1) is 40.9 Å². The molecule has 6 nitrogen and oxygen atoms in total. The molecular formula is C27H33BrN2O4. The molecule has 182 valence electrons. The Labute approximate surface area is 209 Å². The number of carbonyl (C=O) groups excluding carboxylic acids is 1. The van der Waals surface area contributed by atoms with Crippen LogP contribution in [0.5, 0.6) is 5.75 Å². The number of amides is 1. The molecule has 2 bridgehead atoms. The van der Waals surface area contributed by atoms with Gasteiger partial charge in [0, 0.05) is 19.0 Å². The fraction of sp³-hybridized carbons (Fsp3) is 0.741. The highest BCUT2D eigenvalue weighted by Gasteiger charge is 3.10. The van der Waals surface area contributed by atoms with Crippen molar-refractivity contribution in [3.05, 3.63) is 29.8 Å². The number of benzene rings is 1. The van der Waals surface area contributed by atoms with E-state index in [0.29, 0.717) is 61.9 Å². The summed E-state index contributed by atoms with van der Waals surface area (Å²) in [7, 11) is 0. The average Bonchev–Trinajstić information content (AvgIpc) is 3.36. The third-order valence-electron chi connectivity index (χ3n) is 10.6. The molecule has 1 aromatic carbocycles. The maximum Gasteiger partial charge on any atom is 0.227 e. The van der Waals surface area contributed by atoms with Crippen molar-refractivity contribution in [3.63, 3.8) is 0 Å². The van der Waals surface area contributed by atoms with E-state index < -0.39 is 5.79 Å². The third kappa shape index (κ3) is 2.16. The van der Waals surface area contributed by atoms with Gasteiger partial charge >= 0.3 is 0 Å². The molecule has 8 fully saturated rings. The van der Waals surface area contributed by atoms with Crippen molar-refractivity contribution < 1.29 is 19.0 Å². The van der Waals surface area contributed by atoms with E-state index in [1.165, 1.54) is 37.9 Å². The van der Waals surface area contributed by atoms with E-state index in [4.69, 9.17) is 14.2 Å². The monoisotopic (exact) mass is 528 g/mol. The lowest BCUT2D eigenvalue weighted by Gasteiger charge is -2.90. The molecule has 0 radical (unpaired) electrons. The summed E-state index contributed by atoms with van der Waals surface area (Å²) in [5, 5.41) is 3.27. The number of carbonyl (C=O) groups is 1. The Kier molecular flexibility index (Phi) is 4.31. The summed E-state index contributed by atoms with van der Waals surface area (Å²) in [5.74, 6) is 3.88. The van der Waals surface area contributed by atoms with Gasteiger partial charge in [0.25, 0.3) is 0 Å². The summed E-state index contributed by atoms with van der Waals surface area (Å²) in [6.07, 6.45) is 4.81. The Morgan fingerprint density at radius 3 is 2.65 bits per heavy atom. The molecule has 1 N–H and O–H groups in total. The Bertz CT molecular complexity index is 1020. The summed E-state index contributed by atoms with van der Waals surface area (Å²) >= 11 is 4.08. The average molecular weight is 529 g/mol. The van der Waals surface area contributed by atoms with Crippen LogP contribution in [0.4, 0.5) is 0 Å². The first-order valence-corrected chi connectivity index (χ1v) is 14.1. The molecule has 6 aliphatic carbocycles. The number of hydrogen-bond acceptors (Lipinski definition) is 5. The first-order valence-electron chi connectivity index (χ1n) is 13.3. The fourth-order valence-electron chi connectivity index (χ4n) is 9.84. The molecule has 0 aromatic heterocycles. The summed E-state index contributed by atoms with van der Waals surface area (Å²) in [6, 6.07) is 8.49. The van der Waals surface area contributed by atoms with Crippen molar-refractivity contribution in [2.45, 2.75) is 42.3 Å². The first-order chi connectivity index (χ1) is 16.6. The molecule has 1 aromatic rings. The highest BCUT2D eigenvalue weighted by Crippen LogP contribution is 3.04. The van der Waals surface area contributed by atoms with E-state index in [1.54, 1.807) is 0 Å². The molecular weight excluding hydrogens is 496 g/mol. The van der Waals surface area contributed by atoms with Crippen LogP contribution in [0.25, 0.3) is 0 Å². The summed E-state index contributed by atoms with van der Waals surface area (Å²) in [4.78, 5) is 15.9. The lowest BCUT2D eigenvalue weighted by atomic mass is 9.13. The van der Waals surface area contributed by atoms with E-state index in [1.807, 2.05) is 6.07 Å². The highest BCUT2D eigenvalue weighted by atomic mass is 79.9. The Morgan fingerprint density at radius 2 is 1.88 bits per heavy atom. The lowest BCUT2D eigenvalue weighted by Crippen LogP contribution is -2.95. The number of halogens is 1. The highest BCUT2D eigenvalue weighted by molar-refractivity contribution is 9.10. The number of rotatable bonds is 8. The molecule has 1 spiro atoms. The smallest absolute Gasteiger partial charge is 0.227 e. The van der Waals surface area contributed by atoms with Crippen molar-refractivity contribution in [1.82, 2.24) is 10.2 Å². The van der Waals surface area contributed by atoms with Gasteiger partial charge in [0.1, 0.15) is 5.75 Å². The van der Waals surface area contributed by atoms with Crippen LogP contribution in [0.1, 0.15) is 31.2 Å². The number of piperidine rings is 1. The molecule has 4 unspecified atom stereocenters. The van der Waals surface area contributed by atoms with Gasteiger partial charge < -0.3 is 19.5 Å². The summed E-state index contributed by atoms with van der Waals surface area (Å²) < 4.78 is 18.3. The zero-order chi connectivity index (χ0) is 22.7. The van der Waals surface area contributed by atoms with Crippen LogP contribution in [0.3, 0.4) is 0 Å². The number of nitrogens with one attached hydrogen (secondary N) is 1. The maximum atomic E-state index is 13.3. The van der Waals surface area contributed by atoms with E-state index in [2.05, 4.69) is 44.3 Å².